The number of hydrogen-bond donors (Lipinski definition) is 1. The van der Waals surface area contributed by atoms with Crippen LogP contribution in [0.4, 0.5) is 5.69 Å². The van der Waals surface area contributed by atoms with Crippen LogP contribution in [0.1, 0.15) is 26.7 Å². The van der Waals surface area contributed by atoms with Crippen LogP contribution < -0.4 is 9.64 Å². The van der Waals surface area contributed by atoms with Crippen LogP contribution >= 0.6 is 0 Å². The first-order valence-electron chi connectivity index (χ1n) is 5.83. The Morgan fingerprint density at radius 2 is 2.06 bits per heavy atom. The highest BCUT2D eigenvalue weighted by molar-refractivity contribution is 5.62. The lowest BCUT2D eigenvalue weighted by Gasteiger charge is -2.42. The first-order valence-corrected chi connectivity index (χ1v) is 5.83. The molecule has 0 unspecified atom stereocenters. The Bertz CT molecular complexity index is 386. The molecule has 0 fully saturated rings. The Kier molecular flexibility index (Phi) is 2.70. The number of rotatable bonds is 2. The smallest absolute Gasteiger partial charge is 0.143 e. The molecule has 1 heterocycles. The molecule has 0 atom stereocenters. The van der Waals surface area contributed by atoms with Crippen LogP contribution in [0, 0.1) is 0 Å². The number of nitrogens with zero attached hydrogens (tertiary/aromatic N) is 1. The summed E-state index contributed by atoms with van der Waals surface area (Å²) in [6.45, 7) is 5.18. The van der Waals surface area contributed by atoms with Crippen molar-refractivity contribution in [3.63, 3.8) is 0 Å². The fourth-order valence-electron chi connectivity index (χ4n) is 2.29. The number of aromatic hydroxyl groups is 1. The maximum atomic E-state index is 9.47. The van der Waals surface area contributed by atoms with E-state index in [1.807, 2.05) is 13.1 Å². The van der Waals surface area contributed by atoms with Crippen molar-refractivity contribution >= 4 is 5.69 Å². The first-order chi connectivity index (χ1) is 7.60. The van der Waals surface area contributed by atoms with E-state index in [1.165, 1.54) is 0 Å². The fraction of sp³-hybridized carbons (Fsp3) is 0.538. The van der Waals surface area contributed by atoms with Crippen molar-refractivity contribution in [1.82, 2.24) is 0 Å². The molecule has 1 aliphatic heterocycles. The summed E-state index contributed by atoms with van der Waals surface area (Å²) in [6, 6.07) is 5.28. The summed E-state index contributed by atoms with van der Waals surface area (Å²) in [5.74, 6) is 1.16. The minimum absolute atomic E-state index is 0.0846. The van der Waals surface area contributed by atoms with Crippen LogP contribution in [0.15, 0.2) is 18.2 Å². The fourth-order valence-corrected chi connectivity index (χ4v) is 2.29. The predicted molar refractivity (Wildman–Crippen MR) is 65.3 cm³/mol. The lowest BCUT2D eigenvalue weighted by molar-refractivity contribution is 0.0590. The van der Waals surface area contributed by atoms with Gasteiger partial charge in [-0.2, -0.15) is 0 Å². The quantitative estimate of drug-likeness (QED) is 0.833. The van der Waals surface area contributed by atoms with E-state index in [1.54, 1.807) is 12.1 Å². The minimum atomic E-state index is -0.0846. The van der Waals surface area contributed by atoms with Gasteiger partial charge in [-0.15, -0.1) is 0 Å². The van der Waals surface area contributed by atoms with Crippen molar-refractivity contribution in [1.29, 1.82) is 0 Å². The molecule has 1 aliphatic rings. The van der Waals surface area contributed by atoms with Gasteiger partial charge in [-0.1, -0.05) is 13.8 Å². The number of phenolic OH excluding ortho intramolecular Hbond substituents is 1. The third kappa shape index (κ3) is 1.70. The van der Waals surface area contributed by atoms with Gasteiger partial charge in [0.05, 0.1) is 12.2 Å². The molecule has 3 nitrogen and oxygen atoms in total. The SMILES string of the molecule is CCC1(CC)CN(C)c2cc(O)ccc2O1. The molecular formula is C13H19NO2. The molecule has 0 saturated heterocycles. The van der Waals surface area contributed by atoms with Crippen molar-refractivity contribution in [2.75, 3.05) is 18.5 Å². The van der Waals surface area contributed by atoms with E-state index in [9.17, 15) is 5.11 Å². The summed E-state index contributed by atoms with van der Waals surface area (Å²) in [4.78, 5) is 2.16. The van der Waals surface area contributed by atoms with E-state index in [2.05, 4.69) is 18.7 Å². The first kappa shape index (κ1) is 11.1. The summed E-state index contributed by atoms with van der Waals surface area (Å²) in [5.41, 5.74) is 0.885. The molecule has 0 bridgehead atoms. The molecule has 0 radical (unpaired) electrons. The Labute approximate surface area is 96.6 Å². The molecule has 0 aromatic heterocycles. The van der Waals surface area contributed by atoms with E-state index in [0.717, 1.165) is 30.8 Å². The molecule has 0 saturated carbocycles. The molecule has 2 rings (SSSR count). The number of fused-ring (bicyclic) bond motifs is 1. The molecule has 1 aromatic rings. The van der Waals surface area contributed by atoms with Gasteiger partial charge in [-0.25, -0.2) is 0 Å². The average Bonchev–Trinajstić information content (AvgIpc) is 2.30. The Balaban J connectivity index is 2.40. The third-order valence-corrected chi connectivity index (χ3v) is 3.49. The van der Waals surface area contributed by atoms with Gasteiger partial charge in [0.25, 0.3) is 0 Å². The molecule has 3 heteroatoms. The maximum absolute atomic E-state index is 9.47. The van der Waals surface area contributed by atoms with Gasteiger partial charge in [0.1, 0.15) is 17.1 Å². The largest absolute Gasteiger partial charge is 0.508 e. The summed E-state index contributed by atoms with van der Waals surface area (Å²) in [7, 11) is 2.04. The number of benzene rings is 1. The standard InChI is InChI=1S/C13H19NO2/c1-4-13(5-2)9-14(3)11-8-10(15)6-7-12(11)16-13/h6-8,15H,4-5,9H2,1-3H3. The Morgan fingerprint density at radius 3 is 2.69 bits per heavy atom. The average molecular weight is 221 g/mol. The molecule has 0 amide bonds. The topological polar surface area (TPSA) is 32.7 Å². The second-order valence-corrected chi connectivity index (χ2v) is 4.50. The lowest BCUT2D eigenvalue weighted by atomic mass is 9.94. The zero-order valence-electron chi connectivity index (χ0n) is 10.2. The van der Waals surface area contributed by atoms with Gasteiger partial charge < -0.3 is 14.7 Å². The van der Waals surface area contributed by atoms with Crippen molar-refractivity contribution in [3.05, 3.63) is 18.2 Å². The molecule has 0 spiro atoms. The zero-order chi connectivity index (χ0) is 11.8. The highest BCUT2D eigenvalue weighted by Crippen LogP contribution is 2.40. The van der Waals surface area contributed by atoms with E-state index in [-0.39, 0.29) is 11.4 Å². The van der Waals surface area contributed by atoms with Crippen molar-refractivity contribution in [2.24, 2.45) is 0 Å². The number of anilines is 1. The third-order valence-electron chi connectivity index (χ3n) is 3.49. The number of likely N-dealkylation sites (N-methyl/N-ethyl adjacent to an activating group) is 1. The van der Waals surface area contributed by atoms with Crippen molar-refractivity contribution in [2.45, 2.75) is 32.3 Å². The van der Waals surface area contributed by atoms with Crippen LogP contribution in [-0.4, -0.2) is 24.3 Å². The van der Waals surface area contributed by atoms with Crippen LogP contribution in [0.5, 0.6) is 11.5 Å². The second-order valence-electron chi connectivity index (χ2n) is 4.50. The molecule has 88 valence electrons. The van der Waals surface area contributed by atoms with Gasteiger partial charge in [0.2, 0.25) is 0 Å². The second kappa shape index (κ2) is 3.89. The van der Waals surface area contributed by atoms with E-state index in [4.69, 9.17) is 4.74 Å². The van der Waals surface area contributed by atoms with Gasteiger partial charge in [-0.3, -0.25) is 0 Å². The van der Waals surface area contributed by atoms with Crippen LogP contribution in [0.3, 0.4) is 0 Å². The van der Waals surface area contributed by atoms with Crippen LogP contribution in [0.2, 0.25) is 0 Å². The predicted octanol–water partition coefficient (Wildman–Crippen LogP) is 2.78. The van der Waals surface area contributed by atoms with E-state index >= 15 is 0 Å². The van der Waals surface area contributed by atoms with Crippen LogP contribution in [-0.2, 0) is 0 Å². The summed E-state index contributed by atoms with van der Waals surface area (Å²) in [6.07, 6.45) is 1.99. The lowest BCUT2D eigenvalue weighted by Crippen LogP contribution is -2.49. The van der Waals surface area contributed by atoms with Gasteiger partial charge >= 0.3 is 0 Å². The normalized spacial score (nSPS) is 17.8. The minimum Gasteiger partial charge on any atom is -0.508 e. The number of phenols is 1. The Hall–Kier alpha value is -1.38. The number of hydrogen-bond acceptors (Lipinski definition) is 3. The monoisotopic (exact) mass is 221 g/mol. The molecule has 16 heavy (non-hydrogen) atoms. The highest BCUT2D eigenvalue weighted by Gasteiger charge is 2.35. The molecule has 0 aliphatic carbocycles. The zero-order valence-corrected chi connectivity index (χ0v) is 10.2. The van der Waals surface area contributed by atoms with Crippen LogP contribution in [0.25, 0.3) is 0 Å². The van der Waals surface area contributed by atoms with Gasteiger partial charge in [-0.05, 0) is 25.0 Å². The molecule has 1 aromatic carbocycles. The van der Waals surface area contributed by atoms with E-state index in [0.29, 0.717) is 0 Å². The number of ether oxygens (including phenoxy) is 1. The van der Waals surface area contributed by atoms with Gasteiger partial charge in [0, 0.05) is 13.1 Å². The Morgan fingerprint density at radius 1 is 1.38 bits per heavy atom. The molecule has 1 N–H and O–H groups in total. The summed E-state index contributed by atoms with van der Waals surface area (Å²) < 4.78 is 6.09. The summed E-state index contributed by atoms with van der Waals surface area (Å²) in [5, 5.41) is 9.47. The summed E-state index contributed by atoms with van der Waals surface area (Å²) >= 11 is 0. The van der Waals surface area contributed by atoms with Crippen molar-refractivity contribution < 1.29 is 9.84 Å². The van der Waals surface area contributed by atoms with E-state index < -0.39 is 0 Å². The molecular weight excluding hydrogens is 202 g/mol. The van der Waals surface area contributed by atoms with Gasteiger partial charge in [0.15, 0.2) is 0 Å². The van der Waals surface area contributed by atoms with Crippen molar-refractivity contribution in [3.8, 4) is 11.5 Å². The highest BCUT2D eigenvalue weighted by atomic mass is 16.5. The maximum Gasteiger partial charge on any atom is 0.143 e.